The highest BCUT2D eigenvalue weighted by Gasteiger charge is 1.84. The van der Waals surface area contributed by atoms with Crippen LogP contribution in [0.1, 0.15) is 5.69 Å². The van der Waals surface area contributed by atoms with Crippen LogP contribution in [0.2, 0.25) is 0 Å². The molecule has 1 heterocycles. The third kappa shape index (κ3) is 0.872. The Labute approximate surface area is 46.2 Å². The van der Waals surface area contributed by atoms with Gasteiger partial charge in [-0.2, -0.15) is 0 Å². The Hall–Kier alpha value is -1.25. The van der Waals surface area contributed by atoms with Crippen LogP contribution < -0.4 is 0 Å². The van der Waals surface area contributed by atoms with Crippen LogP contribution in [-0.4, -0.2) is 10.3 Å². The van der Waals surface area contributed by atoms with E-state index in [1.807, 2.05) is 0 Å². The number of aromatic nitrogens is 1. The quantitative estimate of drug-likeness (QED) is 0.554. The van der Waals surface area contributed by atoms with E-state index in [-0.39, 0.29) is 0 Å². The molecule has 0 saturated heterocycles. The van der Waals surface area contributed by atoms with Gasteiger partial charge in [-0.25, -0.2) is 0 Å². The minimum atomic E-state index is 0.618. The maximum absolute atomic E-state index is 8.18. The van der Waals surface area contributed by atoms with E-state index in [0.29, 0.717) is 5.69 Å². The highest BCUT2D eigenvalue weighted by atomic mass is 16.5. The van der Waals surface area contributed by atoms with Crippen molar-refractivity contribution < 1.29 is 9.63 Å². The number of hydrogen-bond acceptors (Lipinski definition) is 3. The number of aliphatic hydroxyl groups excluding tert-OH is 1. The minimum absolute atomic E-state index is 0.618. The molecule has 1 N–H and O–H groups in total. The third-order valence-electron chi connectivity index (χ3n) is 0.703. The fourth-order valence-corrected chi connectivity index (χ4v) is 0.384. The Kier molecular flexibility index (Phi) is 1.32. The average Bonchev–Trinajstić information content (AvgIpc) is 2.19. The molecule has 42 valence electrons. The molecule has 3 nitrogen and oxygen atoms in total. The van der Waals surface area contributed by atoms with Gasteiger partial charge in [0.25, 0.3) is 0 Å². The lowest BCUT2D eigenvalue weighted by Gasteiger charge is -1.71. The summed E-state index contributed by atoms with van der Waals surface area (Å²) in [5, 5.41) is 11.7. The smallest absolute Gasteiger partial charge is 0.124 e. The summed E-state index contributed by atoms with van der Waals surface area (Å²) in [5.41, 5.74) is 0.618. The Morgan fingerprint density at radius 2 is 2.62 bits per heavy atom. The Balaban J connectivity index is 2.77. The average molecular weight is 111 g/mol. The molecule has 0 radical (unpaired) electrons. The summed E-state index contributed by atoms with van der Waals surface area (Å²) < 4.78 is 4.45. The molecule has 0 bridgehead atoms. The van der Waals surface area contributed by atoms with Crippen molar-refractivity contribution in [1.82, 2.24) is 5.16 Å². The highest BCUT2D eigenvalue weighted by Crippen LogP contribution is 1.94. The molecule has 1 aromatic rings. The lowest BCUT2D eigenvalue weighted by molar-refractivity contribution is 0.417. The number of rotatable bonds is 1. The van der Waals surface area contributed by atoms with Crippen molar-refractivity contribution in [3.05, 3.63) is 24.3 Å². The molecule has 0 aliphatic carbocycles. The van der Waals surface area contributed by atoms with Gasteiger partial charge in [0.2, 0.25) is 0 Å². The zero-order valence-electron chi connectivity index (χ0n) is 4.11. The summed E-state index contributed by atoms with van der Waals surface area (Å²) in [4.78, 5) is 0. The molecule has 0 aliphatic heterocycles. The first-order valence-corrected chi connectivity index (χ1v) is 2.14. The molecule has 1 rings (SSSR count). The summed E-state index contributed by atoms with van der Waals surface area (Å²) in [7, 11) is 0. The monoisotopic (exact) mass is 111 g/mol. The van der Waals surface area contributed by atoms with E-state index in [9.17, 15) is 0 Å². The van der Waals surface area contributed by atoms with Crippen molar-refractivity contribution >= 4 is 6.08 Å². The largest absolute Gasteiger partial charge is 0.516 e. The van der Waals surface area contributed by atoms with Crippen LogP contribution in [0, 0.1) is 0 Å². The van der Waals surface area contributed by atoms with Gasteiger partial charge in [0.1, 0.15) is 12.0 Å². The van der Waals surface area contributed by atoms with Gasteiger partial charge in [0, 0.05) is 12.1 Å². The maximum atomic E-state index is 8.18. The molecule has 1 aromatic heterocycles. The van der Waals surface area contributed by atoms with Gasteiger partial charge in [-0.3, -0.25) is 0 Å². The topological polar surface area (TPSA) is 46.3 Å². The predicted octanol–water partition coefficient (Wildman–Crippen LogP) is 1.20. The van der Waals surface area contributed by atoms with Crippen molar-refractivity contribution in [1.29, 1.82) is 0 Å². The SMILES string of the molecule is O/C=C/c1ccon1. The Bertz CT molecular complexity index is 167. The molecule has 3 heteroatoms. The maximum Gasteiger partial charge on any atom is 0.124 e. The molecule has 0 aliphatic rings. The van der Waals surface area contributed by atoms with E-state index < -0.39 is 0 Å². The molecule has 0 saturated carbocycles. The van der Waals surface area contributed by atoms with Gasteiger partial charge >= 0.3 is 0 Å². The van der Waals surface area contributed by atoms with Crippen LogP contribution in [-0.2, 0) is 0 Å². The van der Waals surface area contributed by atoms with Crippen LogP contribution in [0.5, 0.6) is 0 Å². The van der Waals surface area contributed by atoms with E-state index >= 15 is 0 Å². The number of aliphatic hydroxyl groups is 1. The second kappa shape index (κ2) is 2.16. The summed E-state index contributed by atoms with van der Waals surface area (Å²) in [5.74, 6) is 0. The summed E-state index contributed by atoms with van der Waals surface area (Å²) >= 11 is 0. The lowest BCUT2D eigenvalue weighted by Crippen LogP contribution is -1.64. The normalized spacial score (nSPS) is 10.5. The number of hydrogen-bond donors (Lipinski definition) is 1. The molecular weight excluding hydrogens is 106 g/mol. The molecule has 0 spiro atoms. The molecule has 0 amide bonds. The van der Waals surface area contributed by atoms with Gasteiger partial charge in [0.15, 0.2) is 0 Å². The van der Waals surface area contributed by atoms with Gasteiger partial charge in [0.05, 0.1) is 6.26 Å². The molecule has 8 heavy (non-hydrogen) atoms. The van der Waals surface area contributed by atoms with E-state index in [0.717, 1.165) is 6.26 Å². The Morgan fingerprint density at radius 3 is 3.12 bits per heavy atom. The molecule has 0 fully saturated rings. The summed E-state index contributed by atoms with van der Waals surface area (Å²) in [6.45, 7) is 0. The fourth-order valence-electron chi connectivity index (χ4n) is 0.384. The lowest BCUT2D eigenvalue weighted by atomic mass is 10.4. The Morgan fingerprint density at radius 1 is 1.75 bits per heavy atom. The third-order valence-corrected chi connectivity index (χ3v) is 0.703. The second-order valence-electron chi connectivity index (χ2n) is 1.24. The summed E-state index contributed by atoms with van der Waals surface area (Å²) in [6, 6.07) is 1.65. The molecular formula is C5H5NO2. The van der Waals surface area contributed by atoms with Crippen LogP contribution in [0.15, 0.2) is 23.1 Å². The first kappa shape index (κ1) is 4.90. The highest BCUT2D eigenvalue weighted by molar-refractivity contribution is 5.40. The van der Waals surface area contributed by atoms with Crippen LogP contribution in [0.25, 0.3) is 6.08 Å². The van der Waals surface area contributed by atoms with Gasteiger partial charge in [-0.1, -0.05) is 5.16 Å². The second-order valence-corrected chi connectivity index (χ2v) is 1.24. The van der Waals surface area contributed by atoms with E-state index in [1.54, 1.807) is 6.07 Å². The first-order valence-electron chi connectivity index (χ1n) is 2.14. The van der Waals surface area contributed by atoms with E-state index in [4.69, 9.17) is 5.11 Å². The van der Waals surface area contributed by atoms with Crippen molar-refractivity contribution in [2.24, 2.45) is 0 Å². The predicted molar refractivity (Wildman–Crippen MR) is 28.2 cm³/mol. The zero-order chi connectivity index (χ0) is 5.82. The van der Waals surface area contributed by atoms with Crippen LogP contribution >= 0.6 is 0 Å². The number of nitrogens with zero attached hydrogens (tertiary/aromatic N) is 1. The van der Waals surface area contributed by atoms with Crippen LogP contribution in [0.4, 0.5) is 0 Å². The standard InChI is InChI=1S/C5H5NO2/c7-3-1-5-2-4-8-6-5/h1-4,7H/b3-1+. The van der Waals surface area contributed by atoms with Crippen LogP contribution in [0.3, 0.4) is 0 Å². The van der Waals surface area contributed by atoms with E-state index in [1.165, 1.54) is 12.3 Å². The zero-order valence-corrected chi connectivity index (χ0v) is 4.11. The van der Waals surface area contributed by atoms with Crippen molar-refractivity contribution in [2.75, 3.05) is 0 Å². The van der Waals surface area contributed by atoms with Gasteiger partial charge < -0.3 is 9.63 Å². The van der Waals surface area contributed by atoms with Gasteiger partial charge in [-0.15, -0.1) is 0 Å². The molecule has 0 aromatic carbocycles. The van der Waals surface area contributed by atoms with Crippen molar-refractivity contribution in [2.45, 2.75) is 0 Å². The fraction of sp³-hybridized carbons (Fsp3) is 0. The van der Waals surface area contributed by atoms with E-state index in [2.05, 4.69) is 9.68 Å². The van der Waals surface area contributed by atoms with Crippen molar-refractivity contribution in [3.63, 3.8) is 0 Å². The van der Waals surface area contributed by atoms with Crippen molar-refractivity contribution in [3.8, 4) is 0 Å². The molecule has 0 unspecified atom stereocenters. The van der Waals surface area contributed by atoms with Gasteiger partial charge in [-0.05, 0) is 0 Å². The summed E-state index contributed by atoms with van der Waals surface area (Å²) in [6.07, 6.45) is 3.79. The molecule has 0 atom stereocenters. The minimum Gasteiger partial charge on any atom is -0.516 e. The first-order chi connectivity index (χ1) is 3.93.